The van der Waals surface area contributed by atoms with Crippen LogP contribution in [0.2, 0.25) is 5.02 Å². The first-order valence-corrected chi connectivity index (χ1v) is 8.31. The number of furan rings is 1. The molecule has 1 heterocycles. The van der Waals surface area contributed by atoms with E-state index >= 15 is 0 Å². The van der Waals surface area contributed by atoms with Crippen molar-refractivity contribution >= 4 is 24.0 Å². The summed E-state index contributed by atoms with van der Waals surface area (Å²) in [7, 11) is 0. The summed E-state index contributed by atoms with van der Waals surface area (Å²) in [4.78, 5) is 0. The molecule has 2 aromatic rings. The first-order valence-electron chi connectivity index (χ1n) is 7.93. The molecular formula is C18H25Cl2NO2. The van der Waals surface area contributed by atoms with Crippen LogP contribution in [-0.4, -0.2) is 19.8 Å². The van der Waals surface area contributed by atoms with Gasteiger partial charge in [-0.3, -0.25) is 0 Å². The molecule has 128 valence electrons. The highest BCUT2D eigenvalue weighted by Crippen LogP contribution is 2.28. The zero-order valence-electron chi connectivity index (χ0n) is 13.5. The molecule has 0 unspecified atom stereocenters. The van der Waals surface area contributed by atoms with E-state index in [0.29, 0.717) is 5.02 Å². The van der Waals surface area contributed by atoms with E-state index in [0.717, 1.165) is 56.2 Å². The summed E-state index contributed by atoms with van der Waals surface area (Å²) in [5, 5.41) is 4.07. The molecular weight excluding hydrogens is 333 g/mol. The molecule has 0 bridgehead atoms. The lowest BCUT2D eigenvalue weighted by Crippen LogP contribution is -2.16. The zero-order chi connectivity index (χ0) is 15.6. The van der Waals surface area contributed by atoms with Crippen LogP contribution in [0.1, 0.15) is 31.9 Å². The fraction of sp³-hybridized carbons (Fsp3) is 0.444. The lowest BCUT2D eigenvalue weighted by molar-refractivity contribution is 0.128. The molecule has 0 fully saturated rings. The smallest absolute Gasteiger partial charge is 0.135 e. The van der Waals surface area contributed by atoms with Crippen LogP contribution < -0.4 is 5.32 Å². The van der Waals surface area contributed by atoms with Crippen molar-refractivity contribution in [3.05, 3.63) is 47.2 Å². The minimum absolute atomic E-state index is 0. The minimum Gasteiger partial charge on any atom is -0.460 e. The fourth-order valence-electron chi connectivity index (χ4n) is 2.14. The molecule has 0 aliphatic carbocycles. The molecule has 5 heteroatoms. The second-order valence-electron chi connectivity index (χ2n) is 5.24. The van der Waals surface area contributed by atoms with Crippen LogP contribution >= 0.6 is 24.0 Å². The molecule has 3 nitrogen and oxygen atoms in total. The van der Waals surface area contributed by atoms with E-state index in [1.165, 1.54) is 6.42 Å². The van der Waals surface area contributed by atoms with Crippen molar-refractivity contribution in [1.82, 2.24) is 5.32 Å². The molecule has 1 aromatic carbocycles. The predicted octanol–water partition coefficient (Wildman–Crippen LogP) is 5.32. The Kier molecular flexibility index (Phi) is 10.0. The van der Waals surface area contributed by atoms with Crippen molar-refractivity contribution in [2.45, 2.75) is 32.7 Å². The first-order chi connectivity index (χ1) is 10.8. The Morgan fingerprint density at radius 2 is 1.87 bits per heavy atom. The summed E-state index contributed by atoms with van der Waals surface area (Å²) in [6.45, 7) is 5.50. The first kappa shape index (κ1) is 20.0. The van der Waals surface area contributed by atoms with Gasteiger partial charge in [0.15, 0.2) is 0 Å². The van der Waals surface area contributed by atoms with Crippen LogP contribution in [0.25, 0.3) is 11.3 Å². The Labute approximate surface area is 149 Å². The van der Waals surface area contributed by atoms with Gasteiger partial charge in [0.1, 0.15) is 11.5 Å². The third-order valence-corrected chi connectivity index (χ3v) is 3.71. The Morgan fingerprint density at radius 3 is 2.65 bits per heavy atom. The van der Waals surface area contributed by atoms with Gasteiger partial charge in [0, 0.05) is 18.8 Å². The average Bonchev–Trinajstić information content (AvgIpc) is 2.99. The van der Waals surface area contributed by atoms with Gasteiger partial charge in [0.2, 0.25) is 0 Å². The minimum atomic E-state index is 0. The van der Waals surface area contributed by atoms with Crippen molar-refractivity contribution in [3.8, 4) is 11.3 Å². The molecule has 0 aliphatic heterocycles. The maximum atomic E-state index is 6.18. The van der Waals surface area contributed by atoms with E-state index in [-0.39, 0.29) is 12.4 Å². The third kappa shape index (κ3) is 6.96. The van der Waals surface area contributed by atoms with E-state index in [4.69, 9.17) is 20.8 Å². The summed E-state index contributed by atoms with van der Waals surface area (Å²) in [5.41, 5.74) is 0.930. The van der Waals surface area contributed by atoms with Gasteiger partial charge >= 0.3 is 0 Å². The number of benzene rings is 1. The normalized spacial score (nSPS) is 10.5. The van der Waals surface area contributed by atoms with Crippen LogP contribution in [0.15, 0.2) is 40.8 Å². The lowest BCUT2D eigenvalue weighted by Gasteiger charge is -2.04. The predicted molar refractivity (Wildman–Crippen MR) is 98.5 cm³/mol. The molecule has 1 aromatic heterocycles. The summed E-state index contributed by atoms with van der Waals surface area (Å²) in [6.07, 6.45) is 3.34. The number of rotatable bonds is 10. The number of nitrogens with one attached hydrogen (secondary N) is 1. The molecule has 0 aliphatic rings. The highest BCUT2D eigenvalue weighted by atomic mass is 35.5. The maximum Gasteiger partial charge on any atom is 0.135 e. The maximum absolute atomic E-state index is 6.18. The van der Waals surface area contributed by atoms with Crippen LogP contribution in [0.5, 0.6) is 0 Å². The Hall–Kier alpha value is -1.000. The van der Waals surface area contributed by atoms with Gasteiger partial charge in [-0.05, 0) is 43.7 Å². The van der Waals surface area contributed by atoms with Gasteiger partial charge in [-0.1, -0.05) is 37.1 Å². The molecule has 0 radical (unpaired) electrons. The molecule has 0 atom stereocenters. The Bertz CT molecular complexity index is 557. The van der Waals surface area contributed by atoms with Gasteiger partial charge in [-0.15, -0.1) is 12.4 Å². The van der Waals surface area contributed by atoms with Crippen molar-refractivity contribution < 1.29 is 9.15 Å². The molecule has 1 N–H and O–H groups in total. The van der Waals surface area contributed by atoms with Gasteiger partial charge in [0.25, 0.3) is 0 Å². The van der Waals surface area contributed by atoms with Gasteiger partial charge in [-0.2, -0.15) is 0 Å². The second-order valence-corrected chi connectivity index (χ2v) is 5.65. The molecule has 0 amide bonds. The van der Waals surface area contributed by atoms with E-state index in [1.54, 1.807) is 0 Å². The average molecular weight is 358 g/mol. The Morgan fingerprint density at radius 1 is 1.09 bits per heavy atom. The van der Waals surface area contributed by atoms with E-state index in [1.807, 2.05) is 36.4 Å². The Balaban J connectivity index is 0.00000264. The van der Waals surface area contributed by atoms with Crippen molar-refractivity contribution in [2.75, 3.05) is 19.8 Å². The summed E-state index contributed by atoms with van der Waals surface area (Å²) < 4.78 is 11.4. The van der Waals surface area contributed by atoms with Crippen LogP contribution in [-0.2, 0) is 11.3 Å². The number of unbranched alkanes of at least 4 members (excludes halogenated alkanes) is 1. The van der Waals surface area contributed by atoms with Gasteiger partial charge in [0.05, 0.1) is 11.6 Å². The topological polar surface area (TPSA) is 34.4 Å². The highest BCUT2D eigenvalue weighted by molar-refractivity contribution is 6.33. The summed E-state index contributed by atoms with van der Waals surface area (Å²) >= 11 is 6.18. The zero-order valence-corrected chi connectivity index (χ0v) is 15.1. The monoisotopic (exact) mass is 357 g/mol. The second kappa shape index (κ2) is 11.5. The molecule has 2 rings (SSSR count). The fourth-order valence-corrected chi connectivity index (χ4v) is 2.37. The third-order valence-electron chi connectivity index (χ3n) is 3.38. The van der Waals surface area contributed by atoms with Gasteiger partial charge < -0.3 is 14.5 Å². The SMILES string of the molecule is CCCCOCCCNCc1ccc(-c2ccccc2Cl)o1.Cl. The van der Waals surface area contributed by atoms with Crippen molar-refractivity contribution in [1.29, 1.82) is 0 Å². The van der Waals surface area contributed by atoms with Crippen molar-refractivity contribution in [3.63, 3.8) is 0 Å². The quantitative estimate of drug-likeness (QED) is 0.584. The molecule has 0 spiro atoms. The van der Waals surface area contributed by atoms with Crippen molar-refractivity contribution in [2.24, 2.45) is 0 Å². The largest absolute Gasteiger partial charge is 0.460 e. The van der Waals surface area contributed by atoms with Gasteiger partial charge in [-0.25, -0.2) is 0 Å². The molecule has 23 heavy (non-hydrogen) atoms. The summed E-state index contributed by atoms with van der Waals surface area (Å²) in [6, 6.07) is 11.7. The standard InChI is InChI=1S/C18H24ClNO2.ClH/c1-2-3-12-21-13-6-11-20-14-15-9-10-18(22-15)16-7-4-5-8-17(16)19;/h4-5,7-10,20H,2-3,6,11-14H2,1H3;1H. The van der Waals surface area contributed by atoms with Crippen LogP contribution in [0.3, 0.4) is 0 Å². The summed E-state index contributed by atoms with van der Waals surface area (Å²) in [5.74, 6) is 1.73. The molecule has 0 saturated carbocycles. The van der Waals surface area contributed by atoms with E-state index in [2.05, 4.69) is 12.2 Å². The number of hydrogen-bond acceptors (Lipinski definition) is 3. The van der Waals surface area contributed by atoms with E-state index < -0.39 is 0 Å². The highest BCUT2D eigenvalue weighted by Gasteiger charge is 2.07. The number of halogens is 2. The lowest BCUT2D eigenvalue weighted by atomic mass is 10.2. The number of ether oxygens (including phenoxy) is 1. The molecule has 0 saturated heterocycles. The van der Waals surface area contributed by atoms with Crippen LogP contribution in [0.4, 0.5) is 0 Å². The number of hydrogen-bond donors (Lipinski definition) is 1. The van der Waals surface area contributed by atoms with Crippen LogP contribution in [0, 0.1) is 0 Å². The van der Waals surface area contributed by atoms with E-state index in [9.17, 15) is 0 Å².